The van der Waals surface area contributed by atoms with Crippen LogP contribution in [-0.2, 0) is 11.3 Å². The number of hydrogen-bond acceptors (Lipinski definition) is 4. The first-order chi connectivity index (χ1) is 13.0. The number of nitrogens with one attached hydrogen (secondary N) is 1. The minimum Gasteiger partial charge on any atom is -0.324 e. The number of benzene rings is 1. The largest absolute Gasteiger partial charge is 0.324 e. The summed E-state index contributed by atoms with van der Waals surface area (Å²) in [6.45, 7) is 7.37. The van der Waals surface area contributed by atoms with Crippen LogP contribution in [0.2, 0.25) is 0 Å². The van der Waals surface area contributed by atoms with Gasteiger partial charge in [-0.05, 0) is 24.6 Å². The van der Waals surface area contributed by atoms with Crippen molar-refractivity contribution in [3.8, 4) is 0 Å². The second kappa shape index (κ2) is 7.16. The zero-order valence-electron chi connectivity index (χ0n) is 16.2. The van der Waals surface area contributed by atoms with E-state index in [1.165, 1.54) is 5.56 Å². The monoisotopic (exact) mass is 362 g/mol. The minimum atomic E-state index is -0.0638. The molecule has 27 heavy (non-hydrogen) atoms. The summed E-state index contributed by atoms with van der Waals surface area (Å²) < 4.78 is 0. The van der Waals surface area contributed by atoms with Crippen LogP contribution in [-0.4, -0.2) is 41.7 Å². The molecule has 3 aliphatic heterocycles. The third-order valence-corrected chi connectivity index (χ3v) is 5.03. The Hall–Kier alpha value is -2.66. The van der Waals surface area contributed by atoms with E-state index in [-0.39, 0.29) is 5.91 Å². The third-order valence-electron chi connectivity index (χ3n) is 5.03. The van der Waals surface area contributed by atoms with Gasteiger partial charge in [0.1, 0.15) is 5.84 Å². The molecule has 3 aliphatic rings. The highest BCUT2D eigenvalue weighted by Gasteiger charge is 2.32. The Kier molecular flexibility index (Phi) is 4.70. The van der Waals surface area contributed by atoms with Crippen LogP contribution < -0.4 is 5.32 Å². The molecule has 3 heterocycles. The molecule has 0 saturated carbocycles. The molecule has 1 aromatic carbocycles. The molecule has 0 fully saturated rings. The van der Waals surface area contributed by atoms with Crippen molar-refractivity contribution in [2.45, 2.75) is 26.8 Å². The number of aliphatic imine (C=N–C) groups is 1. The lowest BCUT2D eigenvalue weighted by Crippen LogP contribution is -2.31. The summed E-state index contributed by atoms with van der Waals surface area (Å²) in [7, 11) is 2.16. The van der Waals surface area contributed by atoms with Crippen molar-refractivity contribution in [3.05, 3.63) is 70.7 Å². The highest BCUT2D eigenvalue weighted by atomic mass is 16.1. The van der Waals surface area contributed by atoms with Crippen molar-refractivity contribution in [1.82, 2.24) is 15.1 Å². The van der Waals surface area contributed by atoms with E-state index >= 15 is 0 Å². The predicted octanol–water partition coefficient (Wildman–Crippen LogP) is 3.02. The summed E-state index contributed by atoms with van der Waals surface area (Å²) in [6, 6.07) is 8.68. The van der Waals surface area contributed by atoms with Gasteiger partial charge in [-0.25, -0.2) is 4.99 Å². The van der Waals surface area contributed by atoms with Gasteiger partial charge in [0.25, 0.3) is 0 Å². The first-order valence-corrected chi connectivity index (χ1v) is 9.57. The second-order valence-corrected chi connectivity index (χ2v) is 7.88. The summed E-state index contributed by atoms with van der Waals surface area (Å²) in [5.74, 6) is 1.56. The molecule has 4 rings (SSSR count). The van der Waals surface area contributed by atoms with Crippen LogP contribution in [0, 0.1) is 5.92 Å². The van der Waals surface area contributed by atoms with Crippen LogP contribution in [0.25, 0.3) is 0 Å². The minimum absolute atomic E-state index is 0.0638. The van der Waals surface area contributed by atoms with Crippen molar-refractivity contribution >= 4 is 11.7 Å². The predicted molar refractivity (Wildman–Crippen MR) is 108 cm³/mol. The fourth-order valence-electron chi connectivity index (χ4n) is 4.01. The quantitative estimate of drug-likeness (QED) is 0.876. The molecule has 0 aliphatic carbocycles. The average molecular weight is 362 g/mol. The molecule has 140 valence electrons. The van der Waals surface area contributed by atoms with Crippen LogP contribution >= 0.6 is 0 Å². The van der Waals surface area contributed by atoms with Gasteiger partial charge in [-0.1, -0.05) is 38.1 Å². The van der Waals surface area contributed by atoms with Gasteiger partial charge in [-0.15, -0.1) is 0 Å². The fourth-order valence-corrected chi connectivity index (χ4v) is 4.01. The molecule has 0 atom stereocenters. The summed E-state index contributed by atoms with van der Waals surface area (Å²) in [6.07, 6.45) is 6.13. The number of allylic oxidation sites excluding steroid dienone is 1. The maximum absolute atomic E-state index is 11.8. The lowest BCUT2D eigenvalue weighted by Gasteiger charge is -2.27. The van der Waals surface area contributed by atoms with Crippen molar-refractivity contribution in [2.24, 2.45) is 10.9 Å². The normalized spacial score (nSPS) is 18.6. The molecule has 1 aromatic rings. The Bertz CT molecular complexity index is 874. The summed E-state index contributed by atoms with van der Waals surface area (Å²) >= 11 is 0. The molecule has 5 nitrogen and oxygen atoms in total. The van der Waals surface area contributed by atoms with Gasteiger partial charge in [-0.2, -0.15) is 0 Å². The van der Waals surface area contributed by atoms with E-state index in [0.29, 0.717) is 5.92 Å². The number of carbonyl (C=O) groups excluding carboxylic acids is 1. The molecule has 0 spiro atoms. The summed E-state index contributed by atoms with van der Waals surface area (Å²) in [5.41, 5.74) is 5.49. The number of amides is 1. The number of amidine groups is 1. The number of nitrogens with zero attached hydrogens (tertiary/aromatic N) is 3. The van der Waals surface area contributed by atoms with E-state index in [0.717, 1.165) is 54.4 Å². The van der Waals surface area contributed by atoms with Gasteiger partial charge >= 0.3 is 0 Å². The molecule has 0 unspecified atom stereocenters. The molecule has 0 saturated heterocycles. The Labute approximate surface area is 160 Å². The zero-order valence-corrected chi connectivity index (χ0v) is 16.2. The van der Waals surface area contributed by atoms with Crippen LogP contribution in [0.1, 0.15) is 31.4 Å². The Morgan fingerprint density at radius 1 is 1.22 bits per heavy atom. The third kappa shape index (κ3) is 3.60. The molecule has 1 N–H and O–H groups in total. The van der Waals surface area contributed by atoms with E-state index in [1.807, 2.05) is 12.3 Å². The van der Waals surface area contributed by atoms with E-state index in [4.69, 9.17) is 4.99 Å². The van der Waals surface area contributed by atoms with Crippen molar-refractivity contribution in [1.29, 1.82) is 0 Å². The van der Waals surface area contributed by atoms with E-state index in [1.54, 1.807) is 6.08 Å². The van der Waals surface area contributed by atoms with Gasteiger partial charge in [0.05, 0.1) is 5.70 Å². The standard InChI is InChI=1S/C22H26N4O/c1-15(2)13-25(3)14-16-4-6-17(7-5-16)22-23-12-18-8-9-20(27)24-19-10-11-26(22)21(18)19/h4-9,12,15H,10-11,13-14H2,1-3H3,(H,24,27). The van der Waals surface area contributed by atoms with Gasteiger partial charge in [0.2, 0.25) is 5.91 Å². The first kappa shape index (κ1) is 17.7. The zero-order chi connectivity index (χ0) is 19.0. The molecule has 0 bridgehead atoms. The van der Waals surface area contributed by atoms with Crippen LogP contribution in [0.3, 0.4) is 0 Å². The SMILES string of the molecule is CC(C)CN(C)Cc1ccc(C2=NC=C3C=CC(=O)NC4=C3N2CC4)cc1. The molecule has 0 aromatic heterocycles. The summed E-state index contributed by atoms with van der Waals surface area (Å²) in [5, 5.41) is 3.00. The molecular formula is C22H26N4O. The Morgan fingerprint density at radius 3 is 2.74 bits per heavy atom. The van der Waals surface area contributed by atoms with Crippen LogP contribution in [0.4, 0.5) is 0 Å². The Balaban J connectivity index is 1.56. The van der Waals surface area contributed by atoms with Crippen molar-refractivity contribution < 1.29 is 4.79 Å². The maximum atomic E-state index is 11.8. The van der Waals surface area contributed by atoms with E-state index in [9.17, 15) is 4.79 Å². The number of rotatable bonds is 5. The maximum Gasteiger partial charge on any atom is 0.248 e. The lowest BCUT2D eigenvalue weighted by atomic mass is 10.1. The topological polar surface area (TPSA) is 47.9 Å². The van der Waals surface area contributed by atoms with Gasteiger partial charge in [0.15, 0.2) is 0 Å². The van der Waals surface area contributed by atoms with Gasteiger partial charge < -0.3 is 15.1 Å². The molecule has 1 amide bonds. The van der Waals surface area contributed by atoms with Gasteiger partial charge in [0, 0.05) is 55.2 Å². The fraction of sp³-hybridized carbons (Fsp3) is 0.364. The van der Waals surface area contributed by atoms with Crippen LogP contribution in [0.5, 0.6) is 0 Å². The molecular weight excluding hydrogens is 336 g/mol. The van der Waals surface area contributed by atoms with E-state index < -0.39 is 0 Å². The highest BCUT2D eigenvalue weighted by molar-refractivity contribution is 6.02. The number of hydrogen-bond donors (Lipinski definition) is 1. The van der Waals surface area contributed by atoms with Crippen LogP contribution in [0.15, 0.2) is 64.6 Å². The van der Waals surface area contributed by atoms with Gasteiger partial charge in [-0.3, -0.25) is 4.79 Å². The average Bonchev–Trinajstić information content (AvgIpc) is 2.96. The lowest BCUT2D eigenvalue weighted by molar-refractivity contribution is -0.115. The smallest absolute Gasteiger partial charge is 0.248 e. The first-order valence-electron chi connectivity index (χ1n) is 9.57. The van der Waals surface area contributed by atoms with Crippen molar-refractivity contribution in [2.75, 3.05) is 20.1 Å². The number of carbonyl (C=O) groups is 1. The second-order valence-electron chi connectivity index (χ2n) is 7.88. The molecule has 0 radical (unpaired) electrons. The summed E-state index contributed by atoms with van der Waals surface area (Å²) in [4.78, 5) is 21.1. The van der Waals surface area contributed by atoms with E-state index in [2.05, 4.69) is 60.3 Å². The Morgan fingerprint density at radius 2 is 2.00 bits per heavy atom. The van der Waals surface area contributed by atoms with Crippen molar-refractivity contribution in [3.63, 3.8) is 0 Å². The highest BCUT2D eigenvalue weighted by Crippen LogP contribution is 2.34. The molecule has 5 heteroatoms.